The van der Waals surface area contributed by atoms with Crippen LogP contribution >= 0.6 is 11.6 Å². The minimum absolute atomic E-state index is 0.0715. The summed E-state index contributed by atoms with van der Waals surface area (Å²) in [5.41, 5.74) is 0.838. The maximum atomic E-state index is 13.9. The zero-order valence-electron chi connectivity index (χ0n) is 14.8. The van der Waals surface area contributed by atoms with Crippen molar-refractivity contribution in [3.8, 4) is 0 Å². The molecule has 0 aromatic heterocycles. The van der Waals surface area contributed by atoms with Gasteiger partial charge in [-0.15, -0.1) is 0 Å². The van der Waals surface area contributed by atoms with Crippen LogP contribution < -0.4 is 4.72 Å². The lowest BCUT2D eigenvalue weighted by Gasteiger charge is -2.32. The standard InChI is InChI=1S/C19H20ClFN2O3S/c1-13-5-7-15(8-6-13)27(25,26)22-14-9-11-23(12-10-14)19(24)18-16(20)3-2-4-17(18)21/h2-8,14,22H,9-12H2,1H3. The van der Waals surface area contributed by atoms with E-state index in [-0.39, 0.29) is 21.5 Å². The second kappa shape index (κ2) is 7.96. The highest BCUT2D eigenvalue weighted by Gasteiger charge is 2.29. The molecule has 1 aliphatic heterocycles. The Bertz CT molecular complexity index is 920. The van der Waals surface area contributed by atoms with Crippen molar-refractivity contribution >= 4 is 27.5 Å². The maximum absolute atomic E-state index is 13.9. The fourth-order valence-corrected chi connectivity index (χ4v) is 4.61. The van der Waals surface area contributed by atoms with Gasteiger partial charge in [-0.2, -0.15) is 0 Å². The number of benzene rings is 2. The molecule has 0 spiro atoms. The van der Waals surface area contributed by atoms with Gasteiger partial charge in [-0.1, -0.05) is 35.4 Å². The van der Waals surface area contributed by atoms with Crippen LogP contribution in [0.5, 0.6) is 0 Å². The normalized spacial score (nSPS) is 15.7. The number of piperidine rings is 1. The lowest BCUT2D eigenvalue weighted by atomic mass is 10.0. The number of nitrogens with zero attached hydrogens (tertiary/aromatic N) is 1. The first kappa shape index (κ1) is 19.8. The van der Waals surface area contributed by atoms with Crippen LogP contribution in [0.15, 0.2) is 47.4 Å². The van der Waals surface area contributed by atoms with Crippen LogP contribution in [0.25, 0.3) is 0 Å². The number of nitrogens with one attached hydrogen (secondary N) is 1. The largest absolute Gasteiger partial charge is 0.338 e. The smallest absolute Gasteiger partial charge is 0.258 e. The highest BCUT2D eigenvalue weighted by molar-refractivity contribution is 7.89. The molecule has 0 unspecified atom stereocenters. The minimum Gasteiger partial charge on any atom is -0.338 e. The number of hydrogen-bond donors (Lipinski definition) is 1. The van der Waals surface area contributed by atoms with Gasteiger partial charge in [0.05, 0.1) is 15.5 Å². The molecule has 0 aliphatic carbocycles. The van der Waals surface area contributed by atoms with Crippen LogP contribution in [0, 0.1) is 12.7 Å². The molecule has 1 fully saturated rings. The Morgan fingerprint density at radius 2 is 1.78 bits per heavy atom. The first-order valence-corrected chi connectivity index (χ1v) is 10.5. The van der Waals surface area contributed by atoms with E-state index in [2.05, 4.69) is 4.72 Å². The average molecular weight is 411 g/mol. The summed E-state index contributed by atoms with van der Waals surface area (Å²) in [7, 11) is -3.61. The third-order valence-electron chi connectivity index (χ3n) is 4.61. The Morgan fingerprint density at radius 3 is 2.37 bits per heavy atom. The SMILES string of the molecule is Cc1ccc(S(=O)(=O)NC2CCN(C(=O)c3c(F)cccc3Cl)CC2)cc1. The molecular weight excluding hydrogens is 391 g/mol. The molecule has 2 aromatic carbocycles. The Labute approximate surface area is 163 Å². The van der Waals surface area contributed by atoms with E-state index in [0.29, 0.717) is 25.9 Å². The van der Waals surface area contributed by atoms with Crippen molar-refractivity contribution in [3.63, 3.8) is 0 Å². The quantitative estimate of drug-likeness (QED) is 0.840. The summed E-state index contributed by atoms with van der Waals surface area (Å²) in [4.78, 5) is 14.3. The Hall–Kier alpha value is -1.96. The molecule has 0 bridgehead atoms. The number of rotatable bonds is 4. The number of halogens is 2. The number of amides is 1. The lowest BCUT2D eigenvalue weighted by Crippen LogP contribution is -2.46. The monoisotopic (exact) mass is 410 g/mol. The van der Waals surface area contributed by atoms with E-state index in [9.17, 15) is 17.6 Å². The summed E-state index contributed by atoms with van der Waals surface area (Å²) in [6.45, 7) is 2.54. The summed E-state index contributed by atoms with van der Waals surface area (Å²) in [5.74, 6) is -1.13. The first-order valence-electron chi connectivity index (χ1n) is 8.60. The van der Waals surface area contributed by atoms with Crippen LogP contribution in [0.3, 0.4) is 0 Å². The van der Waals surface area contributed by atoms with Gasteiger partial charge >= 0.3 is 0 Å². The Morgan fingerprint density at radius 1 is 1.15 bits per heavy atom. The summed E-state index contributed by atoms with van der Waals surface area (Å²) in [6, 6.07) is 10.5. The van der Waals surface area contributed by atoms with Gasteiger partial charge < -0.3 is 4.90 Å². The third-order valence-corrected chi connectivity index (χ3v) is 6.46. The van der Waals surface area contributed by atoms with E-state index >= 15 is 0 Å². The molecule has 1 N–H and O–H groups in total. The summed E-state index contributed by atoms with van der Waals surface area (Å²) < 4.78 is 41.6. The molecule has 8 heteroatoms. The summed E-state index contributed by atoms with van der Waals surface area (Å²) in [5, 5.41) is 0.0715. The van der Waals surface area contributed by atoms with Gasteiger partial charge in [0.1, 0.15) is 5.82 Å². The predicted molar refractivity (Wildman–Crippen MR) is 102 cm³/mol. The number of aryl methyl sites for hydroxylation is 1. The van der Waals surface area contributed by atoms with Crippen molar-refractivity contribution in [1.29, 1.82) is 0 Å². The second-order valence-corrected chi connectivity index (χ2v) is 8.72. The molecule has 0 saturated carbocycles. The van der Waals surface area contributed by atoms with Gasteiger partial charge in [0, 0.05) is 19.1 Å². The zero-order chi connectivity index (χ0) is 19.6. The van der Waals surface area contributed by atoms with Gasteiger partial charge in [-0.25, -0.2) is 17.5 Å². The van der Waals surface area contributed by atoms with Crippen LogP contribution in [0.4, 0.5) is 4.39 Å². The number of carbonyl (C=O) groups excluding carboxylic acids is 1. The number of likely N-dealkylation sites (tertiary alicyclic amines) is 1. The van der Waals surface area contributed by atoms with E-state index in [1.165, 1.54) is 23.1 Å². The van der Waals surface area contributed by atoms with Crippen LogP contribution in [0.2, 0.25) is 5.02 Å². The number of hydrogen-bond acceptors (Lipinski definition) is 3. The topological polar surface area (TPSA) is 66.5 Å². The molecule has 2 aromatic rings. The van der Waals surface area contributed by atoms with Crippen molar-refractivity contribution in [1.82, 2.24) is 9.62 Å². The summed E-state index contributed by atoms with van der Waals surface area (Å²) in [6.07, 6.45) is 0.895. The first-order chi connectivity index (χ1) is 12.8. The predicted octanol–water partition coefficient (Wildman–Crippen LogP) is 3.37. The molecular formula is C19H20ClFN2O3S. The van der Waals surface area contributed by atoms with Crippen LogP contribution in [-0.2, 0) is 10.0 Å². The fourth-order valence-electron chi connectivity index (χ4n) is 3.07. The van der Waals surface area contributed by atoms with E-state index in [1.807, 2.05) is 6.92 Å². The van der Waals surface area contributed by atoms with Crippen molar-refractivity contribution in [2.45, 2.75) is 30.7 Å². The van der Waals surface area contributed by atoms with Crippen molar-refractivity contribution in [2.24, 2.45) is 0 Å². The molecule has 0 atom stereocenters. The lowest BCUT2D eigenvalue weighted by molar-refractivity contribution is 0.0707. The van der Waals surface area contributed by atoms with E-state index in [0.717, 1.165) is 5.56 Å². The molecule has 3 rings (SSSR count). The highest BCUT2D eigenvalue weighted by atomic mass is 35.5. The molecule has 144 valence electrons. The van der Waals surface area contributed by atoms with E-state index < -0.39 is 21.7 Å². The molecule has 5 nitrogen and oxygen atoms in total. The van der Waals surface area contributed by atoms with Gasteiger partial charge in [0.15, 0.2) is 0 Å². The number of sulfonamides is 1. The Balaban J connectivity index is 1.63. The number of carbonyl (C=O) groups is 1. The molecule has 1 amide bonds. The second-order valence-electron chi connectivity index (χ2n) is 6.60. The van der Waals surface area contributed by atoms with Crippen molar-refractivity contribution in [2.75, 3.05) is 13.1 Å². The molecule has 1 saturated heterocycles. The average Bonchev–Trinajstić information content (AvgIpc) is 2.62. The molecule has 1 heterocycles. The van der Waals surface area contributed by atoms with E-state index in [4.69, 9.17) is 11.6 Å². The third kappa shape index (κ3) is 4.48. The zero-order valence-corrected chi connectivity index (χ0v) is 16.4. The van der Waals surface area contributed by atoms with Crippen LogP contribution in [-0.4, -0.2) is 38.4 Å². The van der Waals surface area contributed by atoms with Gasteiger partial charge in [0.25, 0.3) is 5.91 Å². The highest BCUT2D eigenvalue weighted by Crippen LogP contribution is 2.23. The van der Waals surface area contributed by atoms with Crippen LogP contribution in [0.1, 0.15) is 28.8 Å². The van der Waals surface area contributed by atoms with Crippen molar-refractivity contribution in [3.05, 3.63) is 64.4 Å². The molecule has 0 radical (unpaired) electrons. The van der Waals surface area contributed by atoms with Gasteiger partial charge in [-0.3, -0.25) is 4.79 Å². The summed E-state index contributed by atoms with van der Waals surface area (Å²) >= 11 is 5.96. The van der Waals surface area contributed by atoms with Crippen molar-refractivity contribution < 1.29 is 17.6 Å². The van der Waals surface area contributed by atoms with Gasteiger partial charge in [0.2, 0.25) is 10.0 Å². The maximum Gasteiger partial charge on any atom is 0.258 e. The molecule has 27 heavy (non-hydrogen) atoms. The van der Waals surface area contributed by atoms with Gasteiger partial charge in [-0.05, 0) is 44.0 Å². The minimum atomic E-state index is -3.61. The van der Waals surface area contributed by atoms with E-state index in [1.54, 1.807) is 24.3 Å². The fraction of sp³-hybridized carbons (Fsp3) is 0.316. The molecule has 1 aliphatic rings. The Kier molecular flexibility index (Phi) is 5.83.